The van der Waals surface area contributed by atoms with Gasteiger partial charge in [0.15, 0.2) is 5.96 Å². The SMILES string of the molecule is CC(C)CCCC(C)NC(N)=NCC1CCN(S(C)(=O)=O)CC1. The molecule has 0 aromatic carbocycles. The maximum atomic E-state index is 11.5. The van der Waals surface area contributed by atoms with Gasteiger partial charge in [0.25, 0.3) is 0 Å². The summed E-state index contributed by atoms with van der Waals surface area (Å²) in [6, 6.07) is 0.338. The Morgan fingerprint density at radius 2 is 1.87 bits per heavy atom. The lowest BCUT2D eigenvalue weighted by atomic mass is 9.98. The van der Waals surface area contributed by atoms with Crippen molar-refractivity contribution < 1.29 is 8.42 Å². The molecule has 23 heavy (non-hydrogen) atoms. The molecule has 1 aliphatic heterocycles. The predicted molar refractivity (Wildman–Crippen MR) is 96.9 cm³/mol. The van der Waals surface area contributed by atoms with E-state index in [0.717, 1.165) is 25.2 Å². The fourth-order valence-electron chi connectivity index (χ4n) is 2.85. The molecule has 0 aromatic heterocycles. The van der Waals surface area contributed by atoms with Gasteiger partial charge in [-0.1, -0.05) is 26.7 Å². The Kier molecular flexibility index (Phi) is 8.33. The van der Waals surface area contributed by atoms with Gasteiger partial charge in [-0.05, 0) is 38.0 Å². The fourth-order valence-corrected chi connectivity index (χ4v) is 3.73. The Bertz CT molecular complexity index is 468. The molecule has 0 saturated carbocycles. The van der Waals surface area contributed by atoms with Gasteiger partial charge in [0, 0.05) is 25.7 Å². The van der Waals surface area contributed by atoms with Crippen LogP contribution >= 0.6 is 0 Å². The van der Waals surface area contributed by atoms with E-state index in [1.165, 1.54) is 19.1 Å². The number of guanidine groups is 1. The molecule has 1 heterocycles. The number of hydrogen-bond acceptors (Lipinski definition) is 3. The zero-order valence-corrected chi connectivity index (χ0v) is 15.9. The first-order valence-corrected chi connectivity index (χ1v) is 10.5. The number of sulfonamides is 1. The molecule has 0 aliphatic carbocycles. The summed E-state index contributed by atoms with van der Waals surface area (Å²) in [5.41, 5.74) is 5.95. The van der Waals surface area contributed by atoms with E-state index in [1.807, 2.05) is 0 Å². The molecule has 6 nitrogen and oxygen atoms in total. The van der Waals surface area contributed by atoms with E-state index >= 15 is 0 Å². The number of rotatable bonds is 8. The lowest BCUT2D eigenvalue weighted by Gasteiger charge is -2.29. The monoisotopic (exact) mass is 346 g/mol. The van der Waals surface area contributed by atoms with Crippen LogP contribution in [0.1, 0.15) is 52.9 Å². The first-order valence-electron chi connectivity index (χ1n) is 8.70. The summed E-state index contributed by atoms with van der Waals surface area (Å²) in [5.74, 6) is 1.67. The average Bonchev–Trinajstić information content (AvgIpc) is 2.44. The molecule has 0 amide bonds. The quantitative estimate of drug-likeness (QED) is 0.518. The molecule has 3 N–H and O–H groups in total. The minimum absolute atomic E-state index is 0.338. The molecule has 7 heteroatoms. The third kappa shape index (κ3) is 8.55. The van der Waals surface area contributed by atoms with Crippen LogP contribution in [0.25, 0.3) is 0 Å². The minimum atomic E-state index is -3.05. The summed E-state index contributed by atoms with van der Waals surface area (Å²) in [7, 11) is -3.05. The van der Waals surface area contributed by atoms with Crippen molar-refractivity contribution in [1.29, 1.82) is 0 Å². The lowest BCUT2D eigenvalue weighted by Crippen LogP contribution is -2.40. The van der Waals surface area contributed by atoms with E-state index in [4.69, 9.17) is 5.73 Å². The highest BCUT2D eigenvalue weighted by atomic mass is 32.2. The standard InChI is InChI=1S/C16H34N4O2S/c1-13(2)6-5-7-14(3)19-16(17)18-12-15-8-10-20(11-9-15)23(4,21)22/h13-15H,5-12H2,1-4H3,(H3,17,18,19). The van der Waals surface area contributed by atoms with Crippen LogP contribution in [0.3, 0.4) is 0 Å². The van der Waals surface area contributed by atoms with E-state index < -0.39 is 10.0 Å². The van der Waals surface area contributed by atoms with Crippen molar-refractivity contribution in [3.8, 4) is 0 Å². The van der Waals surface area contributed by atoms with Gasteiger partial charge in [0.05, 0.1) is 6.26 Å². The third-order valence-electron chi connectivity index (χ3n) is 4.38. The van der Waals surface area contributed by atoms with Gasteiger partial charge in [0.1, 0.15) is 0 Å². The summed E-state index contributed by atoms with van der Waals surface area (Å²) in [6.07, 6.45) is 6.52. The van der Waals surface area contributed by atoms with E-state index in [0.29, 0.717) is 37.6 Å². The molecular weight excluding hydrogens is 312 g/mol. The van der Waals surface area contributed by atoms with Crippen LogP contribution in [0, 0.1) is 11.8 Å². The topological polar surface area (TPSA) is 87.8 Å². The zero-order chi connectivity index (χ0) is 17.5. The van der Waals surface area contributed by atoms with Gasteiger partial charge in [-0.15, -0.1) is 0 Å². The molecule has 0 bridgehead atoms. The average molecular weight is 347 g/mol. The number of nitrogens with zero attached hydrogens (tertiary/aromatic N) is 2. The van der Waals surface area contributed by atoms with Crippen molar-refractivity contribution in [2.45, 2.75) is 58.9 Å². The van der Waals surface area contributed by atoms with Crippen LogP contribution in [0.15, 0.2) is 4.99 Å². The molecule has 1 saturated heterocycles. The Balaban J connectivity index is 2.26. The van der Waals surface area contributed by atoms with E-state index in [2.05, 4.69) is 31.1 Å². The zero-order valence-electron chi connectivity index (χ0n) is 15.1. The third-order valence-corrected chi connectivity index (χ3v) is 5.68. The summed E-state index contributed by atoms with van der Waals surface area (Å²) in [4.78, 5) is 4.43. The molecule has 0 aromatic rings. The molecule has 1 fully saturated rings. The maximum Gasteiger partial charge on any atom is 0.211 e. The van der Waals surface area contributed by atoms with Crippen molar-refractivity contribution in [3.63, 3.8) is 0 Å². The van der Waals surface area contributed by atoms with Gasteiger partial charge >= 0.3 is 0 Å². The van der Waals surface area contributed by atoms with Crippen LogP contribution in [-0.2, 0) is 10.0 Å². The highest BCUT2D eigenvalue weighted by Gasteiger charge is 2.24. The Labute approximate surface area is 142 Å². The molecule has 0 radical (unpaired) electrons. The number of nitrogens with two attached hydrogens (primary N) is 1. The smallest absolute Gasteiger partial charge is 0.211 e. The molecule has 1 rings (SSSR count). The van der Waals surface area contributed by atoms with Gasteiger partial charge in [-0.3, -0.25) is 4.99 Å². The van der Waals surface area contributed by atoms with Crippen LogP contribution in [0.5, 0.6) is 0 Å². The second kappa shape index (κ2) is 9.47. The van der Waals surface area contributed by atoms with Crippen molar-refractivity contribution in [1.82, 2.24) is 9.62 Å². The Morgan fingerprint density at radius 3 is 2.39 bits per heavy atom. The predicted octanol–water partition coefficient (Wildman–Crippen LogP) is 1.78. The van der Waals surface area contributed by atoms with Crippen LogP contribution < -0.4 is 11.1 Å². The second-order valence-electron chi connectivity index (χ2n) is 7.20. The number of nitrogens with one attached hydrogen (secondary N) is 1. The highest BCUT2D eigenvalue weighted by Crippen LogP contribution is 2.19. The molecule has 0 spiro atoms. The van der Waals surface area contributed by atoms with Gasteiger partial charge in [0.2, 0.25) is 10.0 Å². The molecule has 1 unspecified atom stereocenters. The maximum absolute atomic E-state index is 11.5. The van der Waals surface area contributed by atoms with Crippen molar-refractivity contribution in [2.24, 2.45) is 22.6 Å². The Morgan fingerprint density at radius 1 is 1.26 bits per heavy atom. The lowest BCUT2D eigenvalue weighted by molar-refractivity contribution is 0.280. The molecule has 1 atom stereocenters. The van der Waals surface area contributed by atoms with Crippen molar-refractivity contribution >= 4 is 16.0 Å². The number of hydrogen-bond donors (Lipinski definition) is 2. The van der Waals surface area contributed by atoms with E-state index in [9.17, 15) is 8.42 Å². The van der Waals surface area contributed by atoms with E-state index in [1.54, 1.807) is 4.31 Å². The van der Waals surface area contributed by atoms with Gasteiger partial charge in [-0.2, -0.15) is 0 Å². The summed E-state index contributed by atoms with van der Waals surface area (Å²) in [5, 5.41) is 3.25. The first-order chi connectivity index (χ1) is 10.7. The summed E-state index contributed by atoms with van der Waals surface area (Å²) < 4.78 is 24.5. The molecule has 136 valence electrons. The second-order valence-corrected chi connectivity index (χ2v) is 9.18. The first kappa shape index (κ1) is 20.2. The van der Waals surface area contributed by atoms with Gasteiger partial charge in [-0.25, -0.2) is 12.7 Å². The van der Waals surface area contributed by atoms with Crippen LogP contribution in [0.2, 0.25) is 0 Å². The number of aliphatic imine (C=N–C) groups is 1. The largest absolute Gasteiger partial charge is 0.370 e. The molecule has 1 aliphatic rings. The van der Waals surface area contributed by atoms with Crippen molar-refractivity contribution in [3.05, 3.63) is 0 Å². The van der Waals surface area contributed by atoms with E-state index in [-0.39, 0.29) is 0 Å². The fraction of sp³-hybridized carbons (Fsp3) is 0.938. The summed E-state index contributed by atoms with van der Waals surface area (Å²) in [6.45, 7) is 8.48. The van der Waals surface area contributed by atoms with Crippen LogP contribution in [-0.4, -0.2) is 50.6 Å². The van der Waals surface area contributed by atoms with Crippen molar-refractivity contribution in [2.75, 3.05) is 25.9 Å². The molecular formula is C16H34N4O2S. The van der Waals surface area contributed by atoms with Crippen LogP contribution in [0.4, 0.5) is 0 Å². The normalized spacial score (nSPS) is 20.0. The Hall–Kier alpha value is -0.820. The highest BCUT2D eigenvalue weighted by molar-refractivity contribution is 7.88. The minimum Gasteiger partial charge on any atom is -0.370 e. The summed E-state index contributed by atoms with van der Waals surface area (Å²) >= 11 is 0. The van der Waals surface area contributed by atoms with Gasteiger partial charge < -0.3 is 11.1 Å². The number of piperidine rings is 1.